The second kappa shape index (κ2) is 6.14. The number of aryl methyl sites for hydroxylation is 1. The van der Waals surface area contributed by atoms with Crippen LogP contribution in [0, 0.1) is 6.92 Å². The average Bonchev–Trinajstić information content (AvgIpc) is 2.55. The van der Waals surface area contributed by atoms with Gasteiger partial charge in [-0.05, 0) is 37.3 Å². The van der Waals surface area contributed by atoms with Crippen molar-refractivity contribution in [3.05, 3.63) is 65.1 Å². The van der Waals surface area contributed by atoms with Gasteiger partial charge in [-0.25, -0.2) is 14.8 Å². The van der Waals surface area contributed by atoms with Crippen LogP contribution in [0.1, 0.15) is 16.2 Å². The van der Waals surface area contributed by atoms with Crippen LogP contribution in [0.5, 0.6) is 0 Å². The zero-order valence-corrected chi connectivity index (χ0v) is 12.9. The number of carboxylic acids is 1. The highest BCUT2D eigenvalue weighted by molar-refractivity contribution is 6.30. The van der Waals surface area contributed by atoms with Crippen LogP contribution in [0.3, 0.4) is 0 Å². The summed E-state index contributed by atoms with van der Waals surface area (Å²) in [6.07, 6.45) is 1.66. The monoisotopic (exact) mass is 325 g/mol. The van der Waals surface area contributed by atoms with E-state index in [1.807, 2.05) is 19.1 Å². The zero-order valence-electron chi connectivity index (χ0n) is 12.2. The van der Waals surface area contributed by atoms with Crippen molar-refractivity contribution in [2.24, 2.45) is 0 Å². The predicted molar refractivity (Wildman–Crippen MR) is 87.4 cm³/mol. The molecule has 0 atom stereocenters. The van der Waals surface area contributed by atoms with E-state index in [-0.39, 0.29) is 5.69 Å². The van der Waals surface area contributed by atoms with Gasteiger partial charge in [-0.15, -0.1) is 0 Å². The maximum atomic E-state index is 11.4. The first-order valence-electron chi connectivity index (χ1n) is 6.85. The molecule has 0 aliphatic carbocycles. The second-order valence-electron chi connectivity index (χ2n) is 4.91. The van der Waals surface area contributed by atoms with Crippen LogP contribution >= 0.6 is 11.6 Å². The van der Waals surface area contributed by atoms with Crippen LogP contribution in [0.2, 0.25) is 5.02 Å². The lowest BCUT2D eigenvalue weighted by atomic mass is 10.1. The predicted octanol–water partition coefficient (Wildman–Crippen LogP) is 3.87. The highest BCUT2D eigenvalue weighted by Gasteiger charge is 2.14. The molecule has 1 aromatic carbocycles. The Bertz CT molecular complexity index is 897. The molecule has 1 N–H and O–H groups in total. The van der Waals surface area contributed by atoms with Gasteiger partial charge in [0.2, 0.25) is 0 Å². The van der Waals surface area contributed by atoms with Crippen molar-refractivity contribution in [2.45, 2.75) is 6.92 Å². The largest absolute Gasteiger partial charge is 0.477 e. The molecule has 114 valence electrons. The molecule has 3 aromatic rings. The van der Waals surface area contributed by atoms with E-state index in [9.17, 15) is 9.90 Å². The fourth-order valence-corrected chi connectivity index (χ4v) is 2.38. The number of rotatable bonds is 3. The number of aromatic nitrogens is 3. The summed E-state index contributed by atoms with van der Waals surface area (Å²) < 4.78 is 0. The maximum Gasteiger partial charge on any atom is 0.354 e. The lowest BCUT2D eigenvalue weighted by Crippen LogP contribution is -2.05. The number of nitrogens with zero attached hydrogens (tertiary/aromatic N) is 3. The third kappa shape index (κ3) is 3.19. The van der Waals surface area contributed by atoms with Crippen LogP contribution in [0.15, 0.2) is 48.7 Å². The number of carboxylic acid groups (broad SMARTS) is 1. The number of carbonyl (C=O) groups is 1. The third-order valence-corrected chi connectivity index (χ3v) is 3.55. The van der Waals surface area contributed by atoms with Crippen molar-refractivity contribution in [3.63, 3.8) is 0 Å². The Hall–Kier alpha value is -2.79. The summed E-state index contributed by atoms with van der Waals surface area (Å²) in [5.74, 6) is -0.788. The molecule has 0 radical (unpaired) electrons. The van der Waals surface area contributed by atoms with Crippen molar-refractivity contribution in [1.82, 2.24) is 15.0 Å². The molecule has 5 nitrogen and oxygen atoms in total. The van der Waals surface area contributed by atoms with Gasteiger partial charge in [0.1, 0.15) is 0 Å². The maximum absolute atomic E-state index is 11.4. The SMILES string of the molecule is Cc1ncccc1-c1nc(C(=O)O)cc(-c2cccc(Cl)c2)n1. The number of pyridine rings is 1. The number of hydrogen-bond donors (Lipinski definition) is 1. The van der Waals surface area contributed by atoms with Gasteiger partial charge in [-0.3, -0.25) is 4.98 Å². The first-order valence-corrected chi connectivity index (χ1v) is 7.22. The molecule has 3 rings (SSSR count). The fraction of sp³-hybridized carbons (Fsp3) is 0.0588. The molecule has 0 amide bonds. The minimum absolute atomic E-state index is 0.0757. The summed E-state index contributed by atoms with van der Waals surface area (Å²) in [7, 11) is 0. The molecular weight excluding hydrogens is 314 g/mol. The van der Waals surface area contributed by atoms with Crippen molar-refractivity contribution < 1.29 is 9.90 Å². The number of benzene rings is 1. The van der Waals surface area contributed by atoms with E-state index in [2.05, 4.69) is 15.0 Å². The van der Waals surface area contributed by atoms with Crippen molar-refractivity contribution in [3.8, 4) is 22.6 Å². The lowest BCUT2D eigenvalue weighted by Gasteiger charge is -2.08. The lowest BCUT2D eigenvalue weighted by molar-refractivity contribution is 0.0690. The normalized spacial score (nSPS) is 10.5. The van der Waals surface area contributed by atoms with Crippen LogP contribution in [0.25, 0.3) is 22.6 Å². The molecule has 23 heavy (non-hydrogen) atoms. The quantitative estimate of drug-likeness (QED) is 0.791. The van der Waals surface area contributed by atoms with Gasteiger partial charge >= 0.3 is 5.97 Å². The zero-order chi connectivity index (χ0) is 16.4. The van der Waals surface area contributed by atoms with Gasteiger partial charge in [-0.2, -0.15) is 0 Å². The Morgan fingerprint density at radius 1 is 1.13 bits per heavy atom. The molecule has 0 spiro atoms. The van der Waals surface area contributed by atoms with Gasteiger partial charge in [0.15, 0.2) is 11.5 Å². The summed E-state index contributed by atoms with van der Waals surface area (Å²) in [6, 6.07) is 12.1. The summed E-state index contributed by atoms with van der Waals surface area (Å²) in [5, 5.41) is 9.87. The first-order chi connectivity index (χ1) is 11.0. The Balaban J connectivity index is 2.22. The molecular formula is C17H12ClN3O2. The second-order valence-corrected chi connectivity index (χ2v) is 5.35. The summed E-state index contributed by atoms with van der Waals surface area (Å²) in [5.41, 5.74) is 2.57. The van der Waals surface area contributed by atoms with E-state index in [0.717, 1.165) is 11.3 Å². The van der Waals surface area contributed by atoms with Gasteiger partial charge in [0.25, 0.3) is 0 Å². The standard InChI is InChI=1S/C17H12ClN3O2/c1-10-13(6-3-7-19-10)16-20-14(9-15(21-16)17(22)23)11-4-2-5-12(18)8-11/h2-9H,1H3,(H,22,23). The van der Waals surface area contributed by atoms with E-state index in [1.54, 1.807) is 30.5 Å². The van der Waals surface area contributed by atoms with Gasteiger partial charge in [0, 0.05) is 28.0 Å². The van der Waals surface area contributed by atoms with Crippen molar-refractivity contribution in [1.29, 1.82) is 0 Å². The summed E-state index contributed by atoms with van der Waals surface area (Å²) >= 11 is 6.01. The molecule has 0 saturated heterocycles. The Labute approximate surface area is 137 Å². The first kappa shape index (κ1) is 15.1. The van der Waals surface area contributed by atoms with E-state index in [1.165, 1.54) is 6.07 Å². The molecule has 0 aliphatic rings. The molecule has 0 saturated carbocycles. The molecule has 0 unspecified atom stereocenters. The minimum atomic E-state index is -1.11. The fourth-order valence-electron chi connectivity index (χ4n) is 2.19. The number of halogens is 1. The van der Waals surface area contributed by atoms with E-state index in [4.69, 9.17) is 11.6 Å². The van der Waals surface area contributed by atoms with Crippen molar-refractivity contribution in [2.75, 3.05) is 0 Å². The van der Waals surface area contributed by atoms with Gasteiger partial charge in [-0.1, -0.05) is 23.7 Å². The van der Waals surface area contributed by atoms with E-state index in [0.29, 0.717) is 22.1 Å². The Kier molecular flexibility index (Phi) is 4.04. The molecule has 2 heterocycles. The molecule has 0 bridgehead atoms. The van der Waals surface area contributed by atoms with E-state index < -0.39 is 5.97 Å². The van der Waals surface area contributed by atoms with Crippen LogP contribution in [-0.2, 0) is 0 Å². The van der Waals surface area contributed by atoms with Crippen LogP contribution < -0.4 is 0 Å². The number of hydrogen-bond acceptors (Lipinski definition) is 4. The summed E-state index contributed by atoms with van der Waals surface area (Å²) in [6.45, 7) is 1.82. The number of aromatic carboxylic acids is 1. The molecule has 6 heteroatoms. The molecule has 0 fully saturated rings. The van der Waals surface area contributed by atoms with Gasteiger partial charge in [0.05, 0.1) is 5.69 Å². The van der Waals surface area contributed by atoms with Crippen molar-refractivity contribution >= 4 is 17.6 Å². The van der Waals surface area contributed by atoms with Gasteiger partial charge < -0.3 is 5.11 Å². The van der Waals surface area contributed by atoms with Crippen LogP contribution in [0.4, 0.5) is 0 Å². The topological polar surface area (TPSA) is 76.0 Å². The third-order valence-electron chi connectivity index (χ3n) is 3.31. The smallest absolute Gasteiger partial charge is 0.354 e. The van der Waals surface area contributed by atoms with E-state index >= 15 is 0 Å². The minimum Gasteiger partial charge on any atom is -0.477 e. The average molecular weight is 326 g/mol. The molecule has 0 aliphatic heterocycles. The Morgan fingerprint density at radius 3 is 2.65 bits per heavy atom. The summed E-state index contributed by atoms with van der Waals surface area (Å²) in [4.78, 5) is 24.2. The van der Waals surface area contributed by atoms with Crippen LogP contribution in [-0.4, -0.2) is 26.0 Å². The highest BCUT2D eigenvalue weighted by Crippen LogP contribution is 2.25. The Morgan fingerprint density at radius 2 is 1.96 bits per heavy atom. The highest BCUT2D eigenvalue weighted by atomic mass is 35.5. The molecule has 2 aromatic heterocycles.